The van der Waals surface area contributed by atoms with E-state index in [1.165, 1.54) is 32.2 Å². The Morgan fingerprint density at radius 1 is 1.50 bits per heavy atom. The van der Waals surface area contributed by atoms with Gasteiger partial charge in [0.05, 0.1) is 0 Å². The minimum absolute atomic E-state index is 0.855. The van der Waals surface area contributed by atoms with Crippen molar-refractivity contribution in [1.82, 2.24) is 4.90 Å². The van der Waals surface area contributed by atoms with Crippen molar-refractivity contribution in [2.75, 3.05) is 18.9 Å². The number of rotatable bonds is 2. The van der Waals surface area contributed by atoms with E-state index in [-0.39, 0.29) is 0 Å². The number of alkyl halides is 1. The van der Waals surface area contributed by atoms with Gasteiger partial charge in [0, 0.05) is 11.4 Å². The number of nitrogens with zero attached hydrogens (tertiary/aromatic N) is 1. The molecule has 0 saturated carbocycles. The lowest BCUT2D eigenvalue weighted by molar-refractivity contribution is 0.182. The summed E-state index contributed by atoms with van der Waals surface area (Å²) in [5.41, 5.74) is 0. The van der Waals surface area contributed by atoms with E-state index >= 15 is 0 Å². The lowest BCUT2D eigenvalue weighted by Crippen LogP contribution is -2.36. The van der Waals surface area contributed by atoms with Gasteiger partial charge in [0.2, 0.25) is 0 Å². The average molecular weight is 206 g/mol. The molecule has 0 bridgehead atoms. The maximum Gasteiger partial charge on any atom is 0.0100 e. The maximum atomic E-state index is 3.49. The predicted octanol–water partition coefficient (Wildman–Crippen LogP) is 2.26. The first kappa shape index (κ1) is 8.54. The minimum Gasteiger partial charge on any atom is -0.303 e. The molecule has 1 fully saturated rings. The zero-order chi connectivity index (χ0) is 7.40. The van der Waals surface area contributed by atoms with E-state index in [4.69, 9.17) is 0 Å². The molecule has 0 radical (unpaired) electrons. The third kappa shape index (κ3) is 2.24. The molecule has 10 heavy (non-hydrogen) atoms. The standard InChI is InChI=1S/C8H16BrN/c1-10-7-3-2-4-8(10)5-6-9/h8H,2-7H2,1H3. The van der Waals surface area contributed by atoms with Gasteiger partial charge in [-0.2, -0.15) is 0 Å². The summed E-state index contributed by atoms with van der Waals surface area (Å²) in [6.07, 6.45) is 5.55. The molecule has 0 N–H and O–H groups in total. The molecule has 2 heteroatoms. The van der Waals surface area contributed by atoms with Gasteiger partial charge in [-0.15, -0.1) is 0 Å². The molecule has 0 spiro atoms. The van der Waals surface area contributed by atoms with E-state index in [0.717, 1.165) is 11.4 Å². The van der Waals surface area contributed by atoms with Crippen molar-refractivity contribution in [3.05, 3.63) is 0 Å². The van der Waals surface area contributed by atoms with Crippen LogP contribution in [0.2, 0.25) is 0 Å². The summed E-state index contributed by atoms with van der Waals surface area (Å²) in [7, 11) is 2.24. The van der Waals surface area contributed by atoms with Gasteiger partial charge < -0.3 is 4.90 Å². The Labute approximate surface area is 71.9 Å². The number of hydrogen-bond donors (Lipinski definition) is 0. The van der Waals surface area contributed by atoms with Crippen molar-refractivity contribution in [1.29, 1.82) is 0 Å². The molecule has 1 aliphatic heterocycles. The van der Waals surface area contributed by atoms with Crippen LogP contribution in [-0.2, 0) is 0 Å². The average Bonchev–Trinajstić information content (AvgIpc) is 1.94. The molecule has 60 valence electrons. The van der Waals surface area contributed by atoms with Gasteiger partial charge in [-0.1, -0.05) is 22.4 Å². The van der Waals surface area contributed by atoms with Crippen LogP contribution in [0.5, 0.6) is 0 Å². The fourth-order valence-corrected chi connectivity index (χ4v) is 2.16. The lowest BCUT2D eigenvalue weighted by atomic mass is 10.0. The quantitative estimate of drug-likeness (QED) is 0.626. The normalized spacial score (nSPS) is 28.8. The summed E-state index contributed by atoms with van der Waals surface area (Å²) in [6, 6.07) is 0.855. The Kier molecular flexibility index (Phi) is 3.71. The molecule has 0 aliphatic carbocycles. The fraction of sp³-hybridized carbons (Fsp3) is 1.00. The maximum absolute atomic E-state index is 3.49. The molecule has 1 atom stereocenters. The van der Waals surface area contributed by atoms with E-state index in [1.54, 1.807) is 0 Å². The van der Waals surface area contributed by atoms with Gasteiger partial charge in [0.25, 0.3) is 0 Å². The van der Waals surface area contributed by atoms with Crippen LogP contribution < -0.4 is 0 Å². The molecular weight excluding hydrogens is 190 g/mol. The highest BCUT2D eigenvalue weighted by Gasteiger charge is 2.17. The first-order chi connectivity index (χ1) is 4.84. The van der Waals surface area contributed by atoms with Gasteiger partial charge >= 0.3 is 0 Å². The van der Waals surface area contributed by atoms with Crippen molar-refractivity contribution in [3.8, 4) is 0 Å². The second-order valence-electron chi connectivity index (χ2n) is 3.11. The summed E-state index contributed by atoms with van der Waals surface area (Å²) in [5, 5.41) is 1.15. The summed E-state index contributed by atoms with van der Waals surface area (Å²) in [6.45, 7) is 1.30. The second-order valence-corrected chi connectivity index (χ2v) is 3.90. The summed E-state index contributed by atoms with van der Waals surface area (Å²) in [4.78, 5) is 2.49. The third-order valence-electron chi connectivity index (χ3n) is 2.36. The van der Waals surface area contributed by atoms with Crippen molar-refractivity contribution in [2.45, 2.75) is 31.7 Å². The van der Waals surface area contributed by atoms with Crippen molar-refractivity contribution < 1.29 is 0 Å². The Hall–Kier alpha value is 0.440. The largest absolute Gasteiger partial charge is 0.303 e. The highest BCUT2D eigenvalue weighted by molar-refractivity contribution is 9.09. The van der Waals surface area contributed by atoms with Crippen molar-refractivity contribution in [2.24, 2.45) is 0 Å². The van der Waals surface area contributed by atoms with Crippen LogP contribution in [0.1, 0.15) is 25.7 Å². The van der Waals surface area contributed by atoms with Gasteiger partial charge in [-0.25, -0.2) is 0 Å². The minimum atomic E-state index is 0.855. The monoisotopic (exact) mass is 205 g/mol. The Balaban J connectivity index is 2.25. The molecule has 1 aliphatic rings. The zero-order valence-electron chi connectivity index (χ0n) is 6.65. The first-order valence-electron chi connectivity index (χ1n) is 4.11. The van der Waals surface area contributed by atoms with Gasteiger partial charge in [0.15, 0.2) is 0 Å². The topological polar surface area (TPSA) is 3.24 Å². The number of hydrogen-bond acceptors (Lipinski definition) is 1. The Morgan fingerprint density at radius 3 is 2.90 bits per heavy atom. The molecule has 1 saturated heterocycles. The van der Waals surface area contributed by atoms with Crippen LogP contribution in [0.25, 0.3) is 0 Å². The number of halogens is 1. The molecular formula is C8H16BrN. The van der Waals surface area contributed by atoms with E-state index in [9.17, 15) is 0 Å². The molecule has 0 aromatic carbocycles. The van der Waals surface area contributed by atoms with Gasteiger partial charge in [-0.3, -0.25) is 0 Å². The van der Waals surface area contributed by atoms with E-state index in [1.807, 2.05) is 0 Å². The Morgan fingerprint density at radius 2 is 2.30 bits per heavy atom. The highest BCUT2D eigenvalue weighted by Crippen LogP contribution is 2.17. The second kappa shape index (κ2) is 4.35. The summed E-state index contributed by atoms with van der Waals surface area (Å²) >= 11 is 3.49. The number of likely N-dealkylation sites (tertiary alicyclic amines) is 1. The van der Waals surface area contributed by atoms with Gasteiger partial charge in [-0.05, 0) is 32.9 Å². The fourth-order valence-electron chi connectivity index (χ4n) is 1.63. The SMILES string of the molecule is CN1CCCCC1CCBr. The van der Waals surface area contributed by atoms with Crippen LogP contribution in [0.4, 0.5) is 0 Å². The lowest BCUT2D eigenvalue weighted by Gasteiger charge is -2.31. The van der Waals surface area contributed by atoms with Crippen LogP contribution in [-0.4, -0.2) is 29.9 Å². The molecule has 1 rings (SSSR count). The molecule has 1 nitrogen and oxygen atoms in total. The molecule has 0 aromatic rings. The van der Waals surface area contributed by atoms with Crippen molar-refractivity contribution in [3.63, 3.8) is 0 Å². The zero-order valence-corrected chi connectivity index (χ0v) is 8.23. The molecule has 1 heterocycles. The van der Waals surface area contributed by atoms with E-state index in [2.05, 4.69) is 27.9 Å². The summed E-state index contributed by atoms with van der Waals surface area (Å²) < 4.78 is 0. The smallest absolute Gasteiger partial charge is 0.0100 e. The highest BCUT2D eigenvalue weighted by atomic mass is 79.9. The van der Waals surface area contributed by atoms with Gasteiger partial charge in [0.1, 0.15) is 0 Å². The van der Waals surface area contributed by atoms with E-state index in [0.29, 0.717) is 0 Å². The predicted molar refractivity (Wildman–Crippen MR) is 48.7 cm³/mol. The van der Waals surface area contributed by atoms with E-state index < -0.39 is 0 Å². The number of piperidine rings is 1. The molecule has 0 amide bonds. The van der Waals surface area contributed by atoms with Crippen LogP contribution >= 0.6 is 15.9 Å². The molecule has 0 aromatic heterocycles. The Bertz CT molecular complexity index is 93.3. The van der Waals surface area contributed by atoms with Crippen LogP contribution in [0, 0.1) is 0 Å². The van der Waals surface area contributed by atoms with Crippen molar-refractivity contribution >= 4 is 15.9 Å². The van der Waals surface area contributed by atoms with Crippen LogP contribution in [0.3, 0.4) is 0 Å². The molecule has 1 unspecified atom stereocenters. The van der Waals surface area contributed by atoms with Crippen LogP contribution in [0.15, 0.2) is 0 Å². The first-order valence-corrected chi connectivity index (χ1v) is 5.23. The third-order valence-corrected chi connectivity index (χ3v) is 2.82. The summed E-state index contributed by atoms with van der Waals surface area (Å²) in [5.74, 6) is 0.